The third-order valence-corrected chi connectivity index (χ3v) is 3.85. The van der Waals surface area contributed by atoms with Gasteiger partial charge in [0.25, 0.3) is 0 Å². The lowest BCUT2D eigenvalue weighted by Gasteiger charge is -2.24. The van der Waals surface area contributed by atoms with Gasteiger partial charge in [0.1, 0.15) is 0 Å². The van der Waals surface area contributed by atoms with Crippen LogP contribution < -0.4 is 16.0 Å². The van der Waals surface area contributed by atoms with Gasteiger partial charge in [-0.3, -0.25) is 4.90 Å². The Bertz CT molecular complexity index is 436. The molecule has 0 spiro atoms. The van der Waals surface area contributed by atoms with Crippen LogP contribution in [0.1, 0.15) is 11.1 Å². The van der Waals surface area contributed by atoms with Crippen LogP contribution in [-0.2, 0) is 12.7 Å². The van der Waals surface area contributed by atoms with Crippen LogP contribution in [0, 0.1) is 0 Å². The van der Waals surface area contributed by atoms with Gasteiger partial charge in [0, 0.05) is 58.9 Å². The highest BCUT2D eigenvalue weighted by Crippen LogP contribution is 2.29. The molecule has 4 nitrogen and oxygen atoms in total. The lowest BCUT2D eigenvalue weighted by atomic mass is 10.1. The van der Waals surface area contributed by atoms with Gasteiger partial charge in [-0.1, -0.05) is 12.1 Å². The quantitative estimate of drug-likeness (QED) is 0.764. The smallest absolute Gasteiger partial charge is 0.314 e. The lowest BCUT2D eigenvalue weighted by Crippen LogP contribution is -2.41. The predicted molar refractivity (Wildman–Crippen MR) is 85.3 cm³/mol. The number of hydrogen-bond donors (Lipinski definition) is 3. The van der Waals surface area contributed by atoms with Gasteiger partial charge in [0.15, 0.2) is 0 Å². The van der Waals surface area contributed by atoms with Crippen molar-refractivity contribution in [2.45, 2.75) is 12.7 Å². The predicted octanol–water partition coefficient (Wildman–Crippen LogP) is 1.29. The second-order valence-electron chi connectivity index (χ2n) is 5.72. The van der Waals surface area contributed by atoms with Crippen LogP contribution in [-0.4, -0.2) is 57.3 Å². The fraction of sp³-hybridized carbons (Fsp3) is 0.625. The molecule has 1 saturated heterocycles. The lowest BCUT2D eigenvalue weighted by molar-refractivity contribution is -0.137. The van der Waals surface area contributed by atoms with Crippen LogP contribution in [0.2, 0.25) is 0 Å². The average Bonchev–Trinajstić information content (AvgIpc) is 2.49. The fourth-order valence-corrected chi connectivity index (χ4v) is 2.53. The van der Waals surface area contributed by atoms with Crippen molar-refractivity contribution in [2.75, 3.05) is 52.4 Å². The Hall–Kier alpha value is -1.15. The minimum Gasteiger partial charge on any atom is -0.314 e. The molecule has 2 rings (SSSR count). The Morgan fingerprint density at radius 1 is 0.783 bits per heavy atom. The summed E-state index contributed by atoms with van der Waals surface area (Å²) < 4.78 is 37.8. The maximum absolute atomic E-state index is 12.6. The van der Waals surface area contributed by atoms with Gasteiger partial charge in [-0.2, -0.15) is 13.2 Å². The van der Waals surface area contributed by atoms with Gasteiger partial charge in [-0.15, -0.1) is 0 Å². The van der Waals surface area contributed by atoms with Crippen molar-refractivity contribution in [2.24, 2.45) is 0 Å². The van der Waals surface area contributed by atoms with E-state index in [9.17, 15) is 13.2 Å². The molecule has 130 valence electrons. The first-order valence-electron chi connectivity index (χ1n) is 8.06. The summed E-state index contributed by atoms with van der Waals surface area (Å²) >= 11 is 0. The first-order chi connectivity index (χ1) is 11.1. The first kappa shape index (κ1) is 18.2. The molecule has 1 aromatic carbocycles. The van der Waals surface area contributed by atoms with E-state index in [0.29, 0.717) is 6.54 Å². The number of hydrogen-bond acceptors (Lipinski definition) is 4. The van der Waals surface area contributed by atoms with E-state index in [1.807, 2.05) is 0 Å². The number of alkyl halides is 3. The Kier molecular flexibility index (Phi) is 7.29. The molecule has 1 aliphatic rings. The van der Waals surface area contributed by atoms with E-state index in [2.05, 4.69) is 20.9 Å². The normalized spacial score (nSPS) is 19.8. The van der Waals surface area contributed by atoms with Crippen LogP contribution in [0.25, 0.3) is 0 Å². The monoisotopic (exact) mass is 330 g/mol. The molecule has 23 heavy (non-hydrogen) atoms. The molecule has 1 aliphatic heterocycles. The molecule has 0 atom stereocenters. The molecule has 7 heteroatoms. The molecule has 1 fully saturated rings. The zero-order valence-electron chi connectivity index (χ0n) is 13.3. The van der Waals surface area contributed by atoms with Crippen molar-refractivity contribution in [1.29, 1.82) is 0 Å². The molecular formula is C16H25F3N4. The van der Waals surface area contributed by atoms with Crippen molar-refractivity contribution >= 4 is 0 Å². The Labute approximate surface area is 135 Å². The molecular weight excluding hydrogens is 305 g/mol. The number of halogens is 3. The van der Waals surface area contributed by atoms with Gasteiger partial charge >= 0.3 is 6.18 Å². The molecule has 0 unspecified atom stereocenters. The number of nitrogens with one attached hydrogen (secondary N) is 3. The second kappa shape index (κ2) is 9.22. The number of benzene rings is 1. The molecule has 1 aromatic rings. The highest BCUT2D eigenvalue weighted by molar-refractivity contribution is 5.24. The van der Waals surface area contributed by atoms with E-state index in [-0.39, 0.29) is 0 Å². The Morgan fingerprint density at radius 2 is 1.26 bits per heavy atom. The summed E-state index contributed by atoms with van der Waals surface area (Å²) in [4.78, 5) is 2.26. The van der Waals surface area contributed by atoms with E-state index in [0.717, 1.165) is 70.1 Å². The van der Waals surface area contributed by atoms with E-state index < -0.39 is 11.7 Å². The minimum absolute atomic E-state index is 0.592. The standard InChI is InChI=1S/C16H25F3N4/c17-16(18,19)15-3-1-14(2-4-15)13-23-11-9-21-7-5-20-6-8-22-10-12-23/h1-4,20-22H,5-13H2. The zero-order chi connectivity index (χ0) is 16.5. The van der Waals surface area contributed by atoms with E-state index in [4.69, 9.17) is 0 Å². The van der Waals surface area contributed by atoms with Crippen LogP contribution in [0.3, 0.4) is 0 Å². The summed E-state index contributed by atoms with van der Waals surface area (Å²) in [6.45, 7) is 7.92. The van der Waals surface area contributed by atoms with Crippen LogP contribution in [0.5, 0.6) is 0 Å². The summed E-state index contributed by atoms with van der Waals surface area (Å²) in [5.74, 6) is 0. The highest BCUT2D eigenvalue weighted by Gasteiger charge is 2.29. The van der Waals surface area contributed by atoms with Gasteiger partial charge < -0.3 is 16.0 Å². The van der Waals surface area contributed by atoms with E-state index >= 15 is 0 Å². The van der Waals surface area contributed by atoms with Gasteiger partial charge in [0.05, 0.1) is 5.56 Å². The van der Waals surface area contributed by atoms with Crippen molar-refractivity contribution in [3.05, 3.63) is 35.4 Å². The first-order valence-corrected chi connectivity index (χ1v) is 8.06. The Balaban J connectivity index is 1.89. The molecule has 0 amide bonds. The molecule has 0 bridgehead atoms. The maximum Gasteiger partial charge on any atom is 0.416 e. The van der Waals surface area contributed by atoms with Gasteiger partial charge in [0.2, 0.25) is 0 Å². The molecule has 1 heterocycles. The largest absolute Gasteiger partial charge is 0.416 e. The summed E-state index contributed by atoms with van der Waals surface area (Å²) in [7, 11) is 0. The van der Waals surface area contributed by atoms with Crippen LogP contribution >= 0.6 is 0 Å². The maximum atomic E-state index is 12.6. The Morgan fingerprint density at radius 3 is 1.74 bits per heavy atom. The summed E-state index contributed by atoms with van der Waals surface area (Å²) in [6.07, 6.45) is -4.27. The van der Waals surface area contributed by atoms with Crippen LogP contribution in [0.15, 0.2) is 24.3 Å². The van der Waals surface area contributed by atoms with Gasteiger partial charge in [-0.25, -0.2) is 0 Å². The third-order valence-electron chi connectivity index (χ3n) is 3.85. The number of rotatable bonds is 2. The zero-order valence-corrected chi connectivity index (χ0v) is 13.3. The average molecular weight is 330 g/mol. The minimum atomic E-state index is -4.27. The summed E-state index contributed by atoms with van der Waals surface area (Å²) in [6, 6.07) is 5.47. The molecule has 0 aromatic heterocycles. The van der Waals surface area contributed by atoms with E-state index in [1.165, 1.54) is 0 Å². The molecule has 0 saturated carbocycles. The van der Waals surface area contributed by atoms with Crippen molar-refractivity contribution in [3.63, 3.8) is 0 Å². The SMILES string of the molecule is FC(F)(F)c1ccc(CN2CCNCCNCCNCC2)cc1. The van der Waals surface area contributed by atoms with Gasteiger partial charge in [-0.05, 0) is 17.7 Å². The van der Waals surface area contributed by atoms with Crippen molar-refractivity contribution in [1.82, 2.24) is 20.9 Å². The summed E-state index contributed by atoms with van der Waals surface area (Å²) in [5, 5.41) is 10.1. The number of nitrogens with zero attached hydrogens (tertiary/aromatic N) is 1. The van der Waals surface area contributed by atoms with Crippen LogP contribution in [0.4, 0.5) is 13.2 Å². The van der Waals surface area contributed by atoms with E-state index in [1.54, 1.807) is 12.1 Å². The second-order valence-corrected chi connectivity index (χ2v) is 5.72. The third kappa shape index (κ3) is 6.87. The molecule has 3 N–H and O–H groups in total. The molecule has 0 aliphatic carbocycles. The topological polar surface area (TPSA) is 39.3 Å². The van der Waals surface area contributed by atoms with Crippen molar-refractivity contribution in [3.8, 4) is 0 Å². The molecule has 0 radical (unpaired) electrons. The fourth-order valence-electron chi connectivity index (χ4n) is 2.53. The summed E-state index contributed by atoms with van der Waals surface area (Å²) in [5.41, 5.74) is 0.317. The highest BCUT2D eigenvalue weighted by atomic mass is 19.4. The van der Waals surface area contributed by atoms with Crippen molar-refractivity contribution < 1.29 is 13.2 Å².